The quantitative estimate of drug-likeness (QED) is 0.198. The molecular weight excluding hydrogens is 424 g/mol. The summed E-state index contributed by atoms with van der Waals surface area (Å²) in [6.45, 7) is 2.23. The molecule has 0 aromatic rings. The van der Waals surface area contributed by atoms with Gasteiger partial charge in [-0.25, -0.2) is 0 Å². The summed E-state index contributed by atoms with van der Waals surface area (Å²) < 4.78 is 25.8. The minimum atomic E-state index is -1.79. The summed E-state index contributed by atoms with van der Waals surface area (Å²) in [4.78, 5) is 22.7. The molecule has 0 aliphatic carbocycles. The van der Waals surface area contributed by atoms with Gasteiger partial charge in [-0.3, -0.25) is 9.59 Å². The molecule has 4 unspecified atom stereocenters. The molecule has 6 N–H and O–H groups in total. The fraction of sp³-hybridized carbons (Fsp3) is 0.889. The van der Waals surface area contributed by atoms with Gasteiger partial charge in [0.25, 0.3) is 0 Å². The van der Waals surface area contributed by atoms with Gasteiger partial charge in [0, 0.05) is 12.8 Å². The molecule has 0 bridgehead atoms. The van der Waals surface area contributed by atoms with Gasteiger partial charge in [0.15, 0.2) is 12.6 Å². The zero-order valence-corrected chi connectivity index (χ0v) is 17.1. The van der Waals surface area contributed by atoms with E-state index in [4.69, 9.17) is 23.7 Å². The Balaban J connectivity index is 2.06. The lowest BCUT2D eigenvalue weighted by molar-refractivity contribution is -0.376. The zero-order valence-electron chi connectivity index (χ0n) is 17.1. The molecule has 2 rings (SSSR count). The summed E-state index contributed by atoms with van der Waals surface area (Å²) >= 11 is 0. The van der Waals surface area contributed by atoms with Crippen LogP contribution in [0.4, 0.5) is 0 Å². The predicted octanol–water partition coefficient (Wildman–Crippen LogP) is -3.48. The van der Waals surface area contributed by atoms with Crippen molar-refractivity contribution in [3.63, 3.8) is 0 Å². The Morgan fingerprint density at radius 1 is 0.645 bits per heavy atom. The Hall–Kier alpha value is -1.42. The molecule has 0 aromatic carbocycles. The van der Waals surface area contributed by atoms with Crippen LogP contribution in [0.1, 0.15) is 26.7 Å². The third-order valence-electron chi connectivity index (χ3n) is 5.00. The van der Waals surface area contributed by atoms with E-state index >= 15 is 0 Å². The predicted molar refractivity (Wildman–Crippen MR) is 96.9 cm³/mol. The van der Waals surface area contributed by atoms with Crippen LogP contribution in [-0.2, 0) is 33.3 Å². The second-order valence-corrected chi connectivity index (χ2v) is 7.24. The van der Waals surface area contributed by atoms with Crippen molar-refractivity contribution in [1.82, 2.24) is 0 Å². The van der Waals surface area contributed by atoms with Crippen molar-refractivity contribution < 1.29 is 63.9 Å². The van der Waals surface area contributed by atoms with E-state index < -0.39 is 86.6 Å². The van der Waals surface area contributed by atoms with E-state index in [0.29, 0.717) is 0 Å². The highest BCUT2D eigenvalue weighted by atomic mass is 16.8. The van der Waals surface area contributed by atoms with Crippen LogP contribution in [0.15, 0.2) is 0 Å². The molecule has 2 heterocycles. The summed E-state index contributed by atoms with van der Waals surface area (Å²) in [7, 11) is 0. The molecule has 180 valence electrons. The molecule has 2 saturated heterocycles. The lowest BCUT2D eigenvalue weighted by Gasteiger charge is -2.44. The van der Waals surface area contributed by atoms with Gasteiger partial charge in [0.1, 0.15) is 62.0 Å². The third kappa shape index (κ3) is 6.31. The fourth-order valence-electron chi connectivity index (χ4n) is 3.02. The minimum Gasteiger partial charge on any atom is -0.463 e. The molecule has 0 saturated carbocycles. The molecule has 0 amide bonds. The Labute approximate surface area is 178 Å². The molecular formula is C18H30O13. The van der Waals surface area contributed by atoms with Crippen LogP contribution in [0.3, 0.4) is 0 Å². The lowest BCUT2D eigenvalue weighted by Crippen LogP contribution is -2.64. The smallest absolute Gasteiger partial charge is 0.305 e. The maximum absolute atomic E-state index is 11.3. The van der Waals surface area contributed by atoms with E-state index in [1.54, 1.807) is 13.8 Å². The van der Waals surface area contributed by atoms with Gasteiger partial charge in [-0.15, -0.1) is 0 Å². The average Bonchev–Trinajstić information content (AvgIpc) is 2.77. The molecule has 0 spiro atoms. The Morgan fingerprint density at radius 2 is 1.00 bits per heavy atom. The molecule has 13 heteroatoms. The van der Waals surface area contributed by atoms with E-state index in [-0.39, 0.29) is 12.8 Å². The van der Waals surface area contributed by atoms with Crippen molar-refractivity contribution in [3.8, 4) is 0 Å². The van der Waals surface area contributed by atoms with Gasteiger partial charge in [0.05, 0.1) is 0 Å². The molecule has 2 aliphatic rings. The summed E-state index contributed by atoms with van der Waals surface area (Å²) in [5.41, 5.74) is 0. The molecule has 0 aromatic heterocycles. The minimum absolute atomic E-state index is 0.0697. The molecule has 2 fully saturated rings. The fourth-order valence-corrected chi connectivity index (χ4v) is 3.02. The lowest BCUT2D eigenvalue weighted by atomic mass is 9.98. The van der Waals surface area contributed by atoms with Crippen molar-refractivity contribution in [3.05, 3.63) is 0 Å². The van der Waals surface area contributed by atoms with E-state index in [9.17, 15) is 40.2 Å². The number of esters is 2. The van der Waals surface area contributed by atoms with Gasteiger partial charge in [-0.05, 0) is 0 Å². The number of carbonyl (C=O) groups is 2. The third-order valence-corrected chi connectivity index (χ3v) is 5.00. The number of hydrogen-bond donors (Lipinski definition) is 6. The van der Waals surface area contributed by atoms with E-state index in [2.05, 4.69) is 0 Å². The second-order valence-electron chi connectivity index (χ2n) is 7.24. The summed E-state index contributed by atoms with van der Waals surface area (Å²) in [5, 5.41) is 60.6. The summed E-state index contributed by atoms with van der Waals surface area (Å²) in [5.74, 6) is -1.16. The van der Waals surface area contributed by atoms with Crippen molar-refractivity contribution in [1.29, 1.82) is 0 Å². The van der Waals surface area contributed by atoms with Gasteiger partial charge in [-0.1, -0.05) is 13.8 Å². The van der Waals surface area contributed by atoms with Crippen molar-refractivity contribution in [2.75, 3.05) is 13.2 Å². The first-order valence-electron chi connectivity index (χ1n) is 9.96. The van der Waals surface area contributed by atoms with Gasteiger partial charge in [0.2, 0.25) is 0 Å². The largest absolute Gasteiger partial charge is 0.463 e. The molecule has 0 radical (unpaired) electrons. The Morgan fingerprint density at radius 3 is 1.32 bits per heavy atom. The van der Waals surface area contributed by atoms with Crippen LogP contribution in [0, 0.1) is 0 Å². The number of ether oxygens (including phenoxy) is 5. The number of hydrogen-bond acceptors (Lipinski definition) is 13. The second kappa shape index (κ2) is 11.4. The number of rotatable bonds is 8. The summed E-state index contributed by atoms with van der Waals surface area (Å²) in [6, 6.07) is 0. The molecule has 2 aliphatic heterocycles. The van der Waals surface area contributed by atoms with Crippen molar-refractivity contribution in [2.24, 2.45) is 0 Å². The highest BCUT2D eigenvalue weighted by molar-refractivity contribution is 5.69. The standard InChI is InChI=1S/C18H30O13/c1-3-9(19)27-5-7-11(21)13(23)15(25)17(29-7)31-18-16(26)14(24)12(22)8(30-18)6-28-10(20)4-2/h7-8,11-18,21-26H,3-6H2,1-2H3/t7?,8?,11-,12-,13+,14?,15?,16-,17-,18-/m1/s1. The van der Waals surface area contributed by atoms with E-state index in [1.165, 1.54) is 0 Å². The van der Waals surface area contributed by atoms with Gasteiger partial charge < -0.3 is 54.3 Å². The molecule has 31 heavy (non-hydrogen) atoms. The molecule has 13 nitrogen and oxygen atoms in total. The first-order valence-corrected chi connectivity index (χ1v) is 9.96. The maximum atomic E-state index is 11.3. The highest BCUT2D eigenvalue weighted by Gasteiger charge is 2.50. The average molecular weight is 454 g/mol. The van der Waals surface area contributed by atoms with Crippen LogP contribution >= 0.6 is 0 Å². The first kappa shape index (κ1) is 25.8. The first-order chi connectivity index (χ1) is 14.6. The Kier molecular flexibility index (Phi) is 9.54. The van der Waals surface area contributed by atoms with Crippen molar-refractivity contribution in [2.45, 2.75) is 88.1 Å². The van der Waals surface area contributed by atoms with Gasteiger partial charge in [-0.2, -0.15) is 0 Å². The summed E-state index contributed by atoms with van der Waals surface area (Å²) in [6.07, 6.45) is -16.0. The van der Waals surface area contributed by atoms with Crippen LogP contribution < -0.4 is 0 Å². The highest BCUT2D eigenvalue weighted by Crippen LogP contribution is 2.28. The van der Waals surface area contributed by atoms with E-state index in [1.807, 2.05) is 0 Å². The monoisotopic (exact) mass is 454 g/mol. The van der Waals surface area contributed by atoms with Crippen LogP contribution in [0.2, 0.25) is 0 Å². The van der Waals surface area contributed by atoms with Crippen molar-refractivity contribution >= 4 is 11.9 Å². The zero-order chi connectivity index (χ0) is 23.3. The van der Waals surface area contributed by atoms with Crippen LogP contribution in [0.25, 0.3) is 0 Å². The normalized spacial score (nSPS) is 40.9. The Bertz CT molecular complexity index is 551. The van der Waals surface area contributed by atoms with Crippen LogP contribution in [-0.4, -0.2) is 117 Å². The topological polar surface area (TPSA) is 202 Å². The van der Waals surface area contributed by atoms with Crippen LogP contribution in [0.5, 0.6) is 0 Å². The van der Waals surface area contributed by atoms with E-state index in [0.717, 1.165) is 0 Å². The van der Waals surface area contributed by atoms with Gasteiger partial charge >= 0.3 is 11.9 Å². The maximum Gasteiger partial charge on any atom is 0.305 e. The number of aliphatic hydroxyl groups is 6. The molecule has 10 atom stereocenters. The number of carbonyl (C=O) groups excluding carboxylic acids is 2. The SMILES string of the molecule is CCC(=O)OCC1O[C@H](O[C@H]2OC(COC(=O)CC)[C@@H](O)[C@H](O)C2O)[C@H](O)C(O)[C@@H]1O. The number of aliphatic hydroxyl groups excluding tert-OH is 6.